The molecule has 1 unspecified atom stereocenters. The number of likely N-dealkylation sites (tertiary alicyclic amines) is 1. The van der Waals surface area contributed by atoms with Gasteiger partial charge in [-0.05, 0) is 125 Å². The molecule has 2 saturated carbocycles. The number of benzene rings is 2. The Morgan fingerprint density at radius 1 is 0.903 bits per heavy atom. The van der Waals surface area contributed by atoms with E-state index in [4.69, 9.17) is 9.47 Å². The number of carbonyl (C=O) groups is 3. The van der Waals surface area contributed by atoms with Crippen molar-refractivity contribution in [3.05, 3.63) is 125 Å². The van der Waals surface area contributed by atoms with E-state index < -0.39 is 6.04 Å². The summed E-state index contributed by atoms with van der Waals surface area (Å²) in [6, 6.07) is 14.4. The average Bonchev–Trinajstić information content (AvgIpc) is 3.45. The first-order chi connectivity index (χ1) is 29.8. The third-order valence-electron chi connectivity index (χ3n) is 12.9. The number of aryl methyl sites for hydroxylation is 2. The van der Waals surface area contributed by atoms with Gasteiger partial charge in [-0.15, -0.1) is 0 Å². The summed E-state index contributed by atoms with van der Waals surface area (Å²) in [6.07, 6.45) is 15.3. The summed E-state index contributed by atoms with van der Waals surface area (Å²) in [6.45, 7) is 29.3. The number of rotatable bonds is 17. The van der Waals surface area contributed by atoms with Crippen LogP contribution in [0.1, 0.15) is 124 Å². The van der Waals surface area contributed by atoms with Crippen molar-refractivity contribution in [2.45, 2.75) is 125 Å². The Morgan fingerprint density at radius 2 is 1.58 bits per heavy atom. The molecule has 0 N–H and O–H groups in total. The maximum Gasteiger partial charge on any atom is 0.262 e. The van der Waals surface area contributed by atoms with E-state index in [1.165, 1.54) is 52.5 Å². The Balaban J connectivity index is 0.00000176. The van der Waals surface area contributed by atoms with Gasteiger partial charge in [-0.3, -0.25) is 24.4 Å². The average molecular weight is 843 g/mol. The van der Waals surface area contributed by atoms with E-state index in [9.17, 15) is 14.4 Å². The van der Waals surface area contributed by atoms with Crippen LogP contribution in [0.15, 0.2) is 97.6 Å². The smallest absolute Gasteiger partial charge is 0.262 e. The zero-order valence-electron chi connectivity index (χ0n) is 39.1. The van der Waals surface area contributed by atoms with E-state index in [1.807, 2.05) is 46.2 Å². The van der Waals surface area contributed by atoms with Gasteiger partial charge in [0.15, 0.2) is 0 Å². The molecule has 1 saturated heterocycles. The fourth-order valence-electron chi connectivity index (χ4n) is 9.34. The Morgan fingerprint density at radius 3 is 2.21 bits per heavy atom. The number of ketones is 1. The van der Waals surface area contributed by atoms with E-state index in [1.54, 1.807) is 25.1 Å². The summed E-state index contributed by atoms with van der Waals surface area (Å²) in [5.74, 6) is 0.594. The number of allylic oxidation sites excluding steroid dienone is 4. The molecule has 0 radical (unpaired) electrons. The highest BCUT2D eigenvalue weighted by Crippen LogP contribution is 2.51. The van der Waals surface area contributed by atoms with Crippen LogP contribution >= 0.6 is 0 Å². The molecule has 1 atom stereocenters. The predicted octanol–water partition coefficient (Wildman–Crippen LogP) is 10.8. The van der Waals surface area contributed by atoms with Crippen LogP contribution in [0.4, 0.5) is 0 Å². The van der Waals surface area contributed by atoms with Crippen molar-refractivity contribution >= 4 is 23.2 Å². The molecule has 1 aromatic heterocycles. The minimum Gasteiger partial charge on any atom is -0.492 e. The number of ether oxygens (including phenoxy) is 2. The van der Waals surface area contributed by atoms with Gasteiger partial charge < -0.3 is 19.2 Å². The normalized spacial score (nSPS) is 19.7. The van der Waals surface area contributed by atoms with Crippen LogP contribution in [0.3, 0.4) is 0 Å². The first-order valence-electron chi connectivity index (χ1n) is 22.7. The Hall–Kier alpha value is -5.12. The molecule has 2 amide bonds. The number of imide groups is 1. The molecule has 7 rings (SSSR count). The number of hydrogen-bond acceptors (Lipinski definition) is 8. The quantitative estimate of drug-likeness (QED) is 0.0574. The number of amides is 2. The van der Waals surface area contributed by atoms with Gasteiger partial charge in [-0.25, -0.2) is 0 Å². The van der Waals surface area contributed by atoms with Gasteiger partial charge in [0.2, 0.25) is 0 Å². The summed E-state index contributed by atoms with van der Waals surface area (Å²) >= 11 is 0. The first kappa shape index (κ1) is 47.9. The van der Waals surface area contributed by atoms with Gasteiger partial charge in [-0.2, -0.15) is 0 Å². The molecule has 1 spiro atoms. The van der Waals surface area contributed by atoms with Crippen LogP contribution in [-0.4, -0.2) is 94.8 Å². The zero-order chi connectivity index (χ0) is 45.3. The lowest BCUT2D eigenvalue weighted by Gasteiger charge is -2.62. The fraction of sp³-hybridized carbons (Fsp3) is 0.472. The Kier molecular flexibility index (Phi) is 16.5. The molecule has 2 aromatic carbocycles. The van der Waals surface area contributed by atoms with E-state index in [-0.39, 0.29) is 30.1 Å². The summed E-state index contributed by atoms with van der Waals surface area (Å²) < 4.78 is 12.3. The Bertz CT molecular complexity index is 2170. The summed E-state index contributed by atoms with van der Waals surface area (Å²) in [5.41, 5.74) is 8.92. The molecule has 9 nitrogen and oxygen atoms in total. The van der Waals surface area contributed by atoms with E-state index >= 15 is 0 Å². The minimum atomic E-state index is -0.509. The zero-order valence-corrected chi connectivity index (χ0v) is 39.1. The number of aromatic nitrogens is 1. The largest absolute Gasteiger partial charge is 0.492 e. The molecule has 9 heteroatoms. The maximum atomic E-state index is 13.3. The van der Waals surface area contributed by atoms with Crippen LogP contribution in [0, 0.1) is 19.3 Å². The predicted molar refractivity (Wildman–Crippen MR) is 252 cm³/mol. The molecule has 3 aromatic rings. The highest BCUT2D eigenvalue weighted by atomic mass is 16.5. The van der Waals surface area contributed by atoms with E-state index in [0.29, 0.717) is 58.7 Å². The topological polar surface area (TPSA) is 92.3 Å². The molecule has 0 bridgehead atoms. The standard InChI is InChI=1S/C49H58N4O5.2C2H6/c1-9-36(37-13-15-42(33(5)22-37)45-28-50-19-18-32(45)4)12-11-35(7)58-41-23-38(24-41)51(8)39-26-49(27-39)29-52(30-49)20-21-57-40-14-16-43-44(25-40)48(56)53(47(43)55)46(31(2)3)17-10-34(6)54;2*1-2/h9,11-16,18-19,22,25,28,38-39,41,46H,2,7,10,17,20-21,23-24,26-27,29-30H2,1,3-6,8H3;2*1-2H3/b12-11-,36-9+;;. The second kappa shape index (κ2) is 21.3. The maximum absolute atomic E-state index is 13.3. The molecule has 3 fully saturated rings. The van der Waals surface area contributed by atoms with Crippen molar-refractivity contribution in [1.82, 2.24) is 19.7 Å². The van der Waals surface area contributed by atoms with Crippen molar-refractivity contribution in [2.75, 3.05) is 33.3 Å². The van der Waals surface area contributed by atoms with Crippen molar-refractivity contribution in [3.8, 4) is 16.9 Å². The molecule has 332 valence electrons. The molecular formula is C53H70N4O5. The van der Waals surface area contributed by atoms with Gasteiger partial charge in [-0.1, -0.05) is 76.8 Å². The fourth-order valence-corrected chi connectivity index (χ4v) is 9.34. The van der Waals surface area contributed by atoms with Crippen molar-refractivity contribution in [1.29, 1.82) is 0 Å². The van der Waals surface area contributed by atoms with Gasteiger partial charge in [0.25, 0.3) is 11.8 Å². The third kappa shape index (κ3) is 10.7. The van der Waals surface area contributed by atoms with Gasteiger partial charge in [0.05, 0.1) is 17.2 Å². The first-order valence-corrected chi connectivity index (χ1v) is 22.7. The SMILES string of the molecule is C=C(/C=C\C(=C/C)c1ccc(-c2cnccc2C)c(C)c1)OC1CC(N(C)C2CC3(C2)CN(CCOc2ccc4c(c2)C(=O)N(C(CCC(C)=O)C(=C)C)C4=O)C3)C1.CC.CC. The highest BCUT2D eigenvalue weighted by molar-refractivity contribution is 6.22. The van der Waals surface area contributed by atoms with Gasteiger partial charge in [0.1, 0.15) is 30.0 Å². The number of pyridine rings is 1. The van der Waals surface area contributed by atoms with Crippen molar-refractivity contribution < 1.29 is 23.9 Å². The lowest BCUT2D eigenvalue weighted by molar-refractivity contribution is -0.128. The number of carbonyl (C=O) groups excluding carboxylic acids is 3. The minimum absolute atomic E-state index is 0.0158. The molecule has 3 heterocycles. The third-order valence-corrected chi connectivity index (χ3v) is 12.9. The molecule has 2 aliphatic carbocycles. The summed E-state index contributed by atoms with van der Waals surface area (Å²) in [4.78, 5) is 48.7. The molecule has 2 aliphatic heterocycles. The van der Waals surface area contributed by atoms with Gasteiger partial charge in [0, 0.05) is 68.9 Å². The molecular weight excluding hydrogens is 773 g/mol. The highest BCUT2D eigenvalue weighted by Gasteiger charge is 2.54. The number of nitrogens with zero attached hydrogens (tertiary/aromatic N) is 4. The van der Waals surface area contributed by atoms with Crippen LogP contribution in [0.25, 0.3) is 16.7 Å². The van der Waals surface area contributed by atoms with Gasteiger partial charge >= 0.3 is 0 Å². The van der Waals surface area contributed by atoms with Crippen molar-refractivity contribution in [3.63, 3.8) is 0 Å². The van der Waals surface area contributed by atoms with Crippen LogP contribution in [0.5, 0.6) is 5.75 Å². The van der Waals surface area contributed by atoms with E-state index in [2.05, 4.69) is 92.2 Å². The van der Waals surface area contributed by atoms with E-state index in [0.717, 1.165) is 38.0 Å². The molecule has 4 aliphatic rings. The van der Waals surface area contributed by atoms with Crippen LogP contribution in [0.2, 0.25) is 0 Å². The number of fused-ring (bicyclic) bond motifs is 1. The molecule has 62 heavy (non-hydrogen) atoms. The second-order valence-corrected chi connectivity index (χ2v) is 17.2. The number of hydrogen-bond donors (Lipinski definition) is 0. The second-order valence-electron chi connectivity index (χ2n) is 17.2. The van der Waals surface area contributed by atoms with Crippen LogP contribution in [-0.2, 0) is 9.53 Å². The monoisotopic (exact) mass is 843 g/mol. The Labute approximate surface area is 371 Å². The summed E-state index contributed by atoms with van der Waals surface area (Å²) in [7, 11) is 2.28. The lowest BCUT2D eigenvalue weighted by Crippen LogP contribution is -2.68. The lowest BCUT2D eigenvalue weighted by atomic mass is 9.60. The van der Waals surface area contributed by atoms with Crippen LogP contribution < -0.4 is 4.74 Å². The number of Topliss-reactive ketones (excluding diaryl/α,β-unsaturated/α-hetero) is 1. The van der Waals surface area contributed by atoms with Crippen molar-refractivity contribution in [2.24, 2.45) is 5.41 Å². The summed E-state index contributed by atoms with van der Waals surface area (Å²) in [5, 5.41) is 0.